The van der Waals surface area contributed by atoms with Crippen LogP contribution < -0.4 is 0 Å². The molecule has 0 bridgehead atoms. The highest BCUT2D eigenvalue weighted by molar-refractivity contribution is 7.15. The minimum atomic E-state index is -0.00763. The van der Waals surface area contributed by atoms with Crippen LogP contribution in [-0.4, -0.2) is 42.7 Å². The number of hydrogen-bond acceptors (Lipinski definition) is 5. The van der Waals surface area contributed by atoms with Crippen LogP contribution in [0.25, 0.3) is 16.2 Å². The Balaban J connectivity index is 1.46. The molecule has 4 heterocycles. The van der Waals surface area contributed by atoms with Crippen molar-refractivity contribution in [2.24, 2.45) is 0 Å². The van der Waals surface area contributed by atoms with E-state index in [1.807, 2.05) is 61.3 Å². The number of halogens is 1. The summed E-state index contributed by atoms with van der Waals surface area (Å²) < 4.78 is 1.80. The van der Waals surface area contributed by atoms with Crippen LogP contribution in [0.1, 0.15) is 46.1 Å². The Hall–Kier alpha value is -2.77. The van der Waals surface area contributed by atoms with Gasteiger partial charge < -0.3 is 4.90 Å². The number of aromatic nitrogens is 4. The zero-order valence-electron chi connectivity index (χ0n) is 18.1. The number of rotatable bonds is 4. The second-order valence-electron chi connectivity index (χ2n) is 8.22. The number of aryl methyl sites for hydroxylation is 2. The Bertz CT molecular complexity index is 1280. The van der Waals surface area contributed by atoms with Crippen LogP contribution in [0.4, 0.5) is 0 Å². The van der Waals surface area contributed by atoms with E-state index in [-0.39, 0.29) is 11.9 Å². The molecule has 1 aliphatic heterocycles. The summed E-state index contributed by atoms with van der Waals surface area (Å²) in [5, 5.41) is 1.46. The highest BCUT2D eigenvalue weighted by atomic mass is 35.5. The number of piperidine rings is 1. The number of fused-ring (bicyclic) bond motifs is 1. The van der Waals surface area contributed by atoms with Gasteiger partial charge in [-0.25, -0.2) is 15.0 Å². The monoisotopic (exact) mass is 465 g/mol. The molecule has 6 nitrogen and oxygen atoms in total. The number of nitrogens with zero attached hydrogens (tertiary/aromatic N) is 5. The Kier molecular flexibility index (Phi) is 5.69. The number of amides is 1. The van der Waals surface area contributed by atoms with Gasteiger partial charge in [0.1, 0.15) is 10.8 Å². The molecule has 1 unspecified atom stereocenters. The first-order chi connectivity index (χ1) is 15.5. The van der Waals surface area contributed by atoms with Crippen LogP contribution in [-0.2, 0) is 6.42 Å². The van der Waals surface area contributed by atoms with Crippen molar-refractivity contribution < 1.29 is 4.79 Å². The van der Waals surface area contributed by atoms with E-state index >= 15 is 0 Å². The predicted molar refractivity (Wildman–Crippen MR) is 127 cm³/mol. The van der Waals surface area contributed by atoms with Gasteiger partial charge in [0, 0.05) is 30.9 Å². The standard InChI is InChI=1S/C24H24ClN5OS/c1-15-11-13-30-22(25)19(28-24(30)26-15)14-18-10-6-7-12-29(18)23(31)20-21(32-16(2)27-20)17-8-4-3-5-9-17/h3-5,8-9,11,13,18H,6-7,10,12,14H2,1-2H3. The normalized spacial score (nSPS) is 16.6. The van der Waals surface area contributed by atoms with Gasteiger partial charge in [-0.1, -0.05) is 41.9 Å². The van der Waals surface area contributed by atoms with Crippen LogP contribution in [0, 0.1) is 13.8 Å². The maximum absolute atomic E-state index is 13.7. The SMILES string of the molecule is Cc1ccn2c(Cl)c(CC3CCCCN3C(=O)c3nc(C)sc3-c3ccccc3)nc2n1. The molecule has 0 radical (unpaired) electrons. The number of likely N-dealkylation sites (tertiary alicyclic amines) is 1. The molecule has 1 aromatic carbocycles. The first-order valence-corrected chi connectivity index (χ1v) is 12.0. The van der Waals surface area contributed by atoms with E-state index in [1.54, 1.807) is 15.7 Å². The van der Waals surface area contributed by atoms with Crippen LogP contribution in [0.2, 0.25) is 5.15 Å². The summed E-state index contributed by atoms with van der Waals surface area (Å²) in [6, 6.07) is 12.0. The molecule has 1 saturated heterocycles. The molecule has 1 amide bonds. The van der Waals surface area contributed by atoms with Gasteiger partial charge in [-0.05, 0) is 44.7 Å². The van der Waals surface area contributed by atoms with E-state index < -0.39 is 0 Å². The maximum atomic E-state index is 13.7. The molecule has 1 atom stereocenters. The van der Waals surface area contributed by atoms with Gasteiger partial charge in [0.25, 0.3) is 5.91 Å². The molecule has 1 aliphatic rings. The molecular formula is C24H24ClN5OS. The van der Waals surface area contributed by atoms with E-state index in [1.165, 1.54) is 0 Å². The molecule has 8 heteroatoms. The second-order valence-corrected chi connectivity index (χ2v) is 9.78. The van der Waals surface area contributed by atoms with Crippen molar-refractivity contribution in [3.8, 4) is 10.4 Å². The van der Waals surface area contributed by atoms with Crippen LogP contribution in [0.15, 0.2) is 42.6 Å². The third-order valence-electron chi connectivity index (χ3n) is 5.93. The summed E-state index contributed by atoms with van der Waals surface area (Å²) in [5.41, 5.74) is 3.25. The number of carbonyl (C=O) groups is 1. The zero-order chi connectivity index (χ0) is 22.2. The highest BCUT2D eigenvalue weighted by Gasteiger charge is 2.32. The van der Waals surface area contributed by atoms with Crippen molar-refractivity contribution in [3.05, 3.63) is 69.8 Å². The minimum Gasteiger partial charge on any atom is -0.334 e. The Morgan fingerprint density at radius 2 is 1.94 bits per heavy atom. The van der Waals surface area contributed by atoms with Crippen LogP contribution in [0.5, 0.6) is 0 Å². The number of carbonyl (C=O) groups excluding carboxylic acids is 1. The molecular weight excluding hydrogens is 442 g/mol. The minimum absolute atomic E-state index is 0.00763. The average Bonchev–Trinajstić information content (AvgIpc) is 3.34. The fraction of sp³-hybridized carbons (Fsp3) is 0.333. The van der Waals surface area contributed by atoms with Crippen molar-refractivity contribution in [2.75, 3.05) is 6.54 Å². The number of imidazole rings is 1. The third-order valence-corrected chi connectivity index (χ3v) is 7.35. The van der Waals surface area contributed by atoms with Crippen molar-refractivity contribution >= 4 is 34.6 Å². The van der Waals surface area contributed by atoms with E-state index in [2.05, 4.69) is 15.0 Å². The van der Waals surface area contributed by atoms with Crippen LogP contribution in [0.3, 0.4) is 0 Å². The van der Waals surface area contributed by atoms with Gasteiger partial charge in [-0.2, -0.15) is 0 Å². The summed E-state index contributed by atoms with van der Waals surface area (Å²) in [7, 11) is 0. The largest absolute Gasteiger partial charge is 0.334 e. The lowest BCUT2D eigenvalue weighted by molar-refractivity contribution is 0.0608. The van der Waals surface area contributed by atoms with Gasteiger partial charge in [0.15, 0.2) is 0 Å². The van der Waals surface area contributed by atoms with Crippen molar-refractivity contribution in [1.29, 1.82) is 0 Å². The smallest absolute Gasteiger partial charge is 0.274 e. The first-order valence-electron chi connectivity index (χ1n) is 10.8. The van der Waals surface area contributed by atoms with Gasteiger partial charge in [0.05, 0.1) is 15.6 Å². The topological polar surface area (TPSA) is 63.4 Å². The molecule has 164 valence electrons. The van der Waals surface area contributed by atoms with E-state index in [0.29, 0.717) is 23.0 Å². The molecule has 5 rings (SSSR count). The Morgan fingerprint density at radius 3 is 2.75 bits per heavy atom. The lowest BCUT2D eigenvalue weighted by Crippen LogP contribution is -2.45. The lowest BCUT2D eigenvalue weighted by Gasteiger charge is -2.35. The fourth-order valence-electron chi connectivity index (χ4n) is 4.36. The molecule has 3 aromatic heterocycles. The van der Waals surface area contributed by atoms with Crippen LogP contribution >= 0.6 is 22.9 Å². The summed E-state index contributed by atoms with van der Waals surface area (Å²) in [5.74, 6) is 0.590. The molecule has 0 aliphatic carbocycles. The zero-order valence-corrected chi connectivity index (χ0v) is 19.7. The molecule has 0 N–H and O–H groups in total. The third kappa shape index (κ3) is 3.91. The molecule has 0 saturated carbocycles. The molecule has 0 spiro atoms. The lowest BCUT2D eigenvalue weighted by atomic mass is 9.97. The summed E-state index contributed by atoms with van der Waals surface area (Å²) >= 11 is 8.20. The molecule has 1 fully saturated rings. The number of benzene rings is 1. The number of hydrogen-bond donors (Lipinski definition) is 0. The highest BCUT2D eigenvalue weighted by Crippen LogP contribution is 2.33. The predicted octanol–water partition coefficient (Wildman–Crippen LogP) is 5.36. The van der Waals surface area contributed by atoms with E-state index in [0.717, 1.165) is 52.6 Å². The number of thiazole rings is 1. The average molecular weight is 466 g/mol. The van der Waals surface area contributed by atoms with Gasteiger partial charge >= 0.3 is 0 Å². The quantitative estimate of drug-likeness (QED) is 0.407. The Morgan fingerprint density at radius 1 is 1.12 bits per heavy atom. The summed E-state index contributed by atoms with van der Waals surface area (Å²) in [6.07, 6.45) is 5.50. The summed E-state index contributed by atoms with van der Waals surface area (Å²) in [4.78, 5) is 30.4. The van der Waals surface area contributed by atoms with Crippen molar-refractivity contribution in [1.82, 2.24) is 24.3 Å². The van der Waals surface area contributed by atoms with Gasteiger partial charge in [-0.3, -0.25) is 9.20 Å². The van der Waals surface area contributed by atoms with Crippen molar-refractivity contribution in [2.45, 2.75) is 45.6 Å². The van der Waals surface area contributed by atoms with Gasteiger partial charge in [-0.15, -0.1) is 11.3 Å². The maximum Gasteiger partial charge on any atom is 0.274 e. The Labute approximate surface area is 195 Å². The van der Waals surface area contributed by atoms with E-state index in [9.17, 15) is 4.79 Å². The van der Waals surface area contributed by atoms with Gasteiger partial charge in [0.2, 0.25) is 5.78 Å². The van der Waals surface area contributed by atoms with E-state index in [4.69, 9.17) is 11.6 Å². The van der Waals surface area contributed by atoms with Crippen molar-refractivity contribution in [3.63, 3.8) is 0 Å². The second kappa shape index (κ2) is 8.64. The fourth-order valence-corrected chi connectivity index (χ4v) is 5.53. The molecule has 32 heavy (non-hydrogen) atoms. The summed E-state index contributed by atoms with van der Waals surface area (Å²) in [6.45, 7) is 4.60. The molecule has 4 aromatic rings. The first kappa shape index (κ1) is 21.1.